The fraction of sp³-hybridized carbons (Fsp3) is 0.231. The highest BCUT2D eigenvalue weighted by Crippen LogP contribution is 2.41. The molecule has 4 aromatic rings. The van der Waals surface area contributed by atoms with E-state index in [2.05, 4.69) is 15.3 Å². The second-order valence-electron chi connectivity index (χ2n) is 8.28. The molecule has 8 heteroatoms. The molecule has 0 saturated carbocycles. The molecule has 0 aliphatic carbocycles. The quantitative estimate of drug-likeness (QED) is 0.463. The SMILES string of the molecule is CNC(=O)c1ccc(Oc2cc3nc(-c4ccccn4)[nH]c3cc2C2CCCN2C(C)=O)cc1. The molecule has 34 heavy (non-hydrogen) atoms. The van der Waals surface area contributed by atoms with Gasteiger partial charge in [-0.1, -0.05) is 6.07 Å². The molecule has 5 rings (SSSR count). The lowest BCUT2D eigenvalue weighted by molar-refractivity contribution is -0.129. The van der Waals surface area contributed by atoms with Crippen molar-refractivity contribution in [3.63, 3.8) is 0 Å². The van der Waals surface area contributed by atoms with Gasteiger partial charge in [0.1, 0.15) is 17.2 Å². The Morgan fingerprint density at radius 2 is 1.97 bits per heavy atom. The van der Waals surface area contributed by atoms with Crippen LogP contribution in [-0.2, 0) is 4.79 Å². The number of carbonyl (C=O) groups excluding carboxylic acids is 2. The Labute approximate surface area is 197 Å². The summed E-state index contributed by atoms with van der Waals surface area (Å²) >= 11 is 0. The predicted octanol–water partition coefficient (Wildman–Crippen LogP) is 4.46. The first-order chi connectivity index (χ1) is 16.5. The first-order valence-corrected chi connectivity index (χ1v) is 11.3. The lowest BCUT2D eigenvalue weighted by atomic mass is 10.0. The summed E-state index contributed by atoms with van der Waals surface area (Å²) in [5.74, 6) is 1.79. The number of nitrogens with one attached hydrogen (secondary N) is 2. The molecular formula is C26H25N5O3. The highest BCUT2D eigenvalue weighted by Gasteiger charge is 2.31. The summed E-state index contributed by atoms with van der Waals surface area (Å²) in [7, 11) is 1.60. The van der Waals surface area contributed by atoms with E-state index in [0.717, 1.165) is 41.7 Å². The molecule has 1 saturated heterocycles. The Morgan fingerprint density at radius 1 is 1.15 bits per heavy atom. The minimum Gasteiger partial charge on any atom is -0.457 e. The number of benzene rings is 2. The number of ether oxygens (including phenoxy) is 1. The largest absolute Gasteiger partial charge is 0.457 e. The van der Waals surface area contributed by atoms with Gasteiger partial charge in [0.2, 0.25) is 5.91 Å². The molecule has 0 bridgehead atoms. The van der Waals surface area contributed by atoms with Crippen LogP contribution in [0.5, 0.6) is 11.5 Å². The fourth-order valence-corrected chi connectivity index (χ4v) is 4.44. The van der Waals surface area contributed by atoms with Crippen molar-refractivity contribution in [3.05, 3.63) is 71.9 Å². The number of aromatic nitrogens is 3. The lowest BCUT2D eigenvalue weighted by Crippen LogP contribution is -2.28. The summed E-state index contributed by atoms with van der Waals surface area (Å²) in [5.41, 5.74) is 3.82. The van der Waals surface area contributed by atoms with Gasteiger partial charge in [0.05, 0.1) is 17.1 Å². The van der Waals surface area contributed by atoms with Crippen molar-refractivity contribution >= 4 is 22.8 Å². The zero-order chi connectivity index (χ0) is 23.7. The van der Waals surface area contributed by atoms with Crippen LogP contribution in [0.15, 0.2) is 60.8 Å². The van der Waals surface area contributed by atoms with E-state index in [1.54, 1.807) is 44.4 Å². The van der Waals surface area contributed by atoms with E-state index >= 15 is 0 Å². The molecule has 2 aromatic heterocycles. The molecule has 2 aromatic carbocycles. The fourth-order valence-electron chi connectivity index (χ4n) is 4.44. The molecule has 1 atom stereocenters. The van der Waals surface area contributed by atoms with Gasteiger partial charge in [-0.25, -0.2) is 4.98 Å². The molecule has 172 valence electrons. The van der Waals surface area contributed by atoms with Crippen LogP contribution in [-0.4, -0.2) is 45.3 Å². The first kappa shape index (κ1) is 21.6. The number of H-pyrrole nitrogens is 1. The van der Waals surface area contributed by atoms with Crippen molar-refractivity contribution in [2.24, 2.45) is 0 Å². The average molecular weight is 456 g/mol. The number of hydrogen-bond acceptors (Lipinski definition) is 5. The molecule has 0 radical (unpaired) electrons. The second-order valence-corrected chi connectivity index (χ2v) is 8.28. The summed E-state index contributed by atoms with van der Waals surface area (Å²) in [4.78, 5) is 38.5. The maximum Gasteiger partial charge on any atom is 0.251 e. The van der Waals surface area contributed by atoms with Crippen molar-refractivity contribution in [1.82, 2.24) is 25.2 Å². The van der Waals surface area contributed by atoms with Crippen molar-refractivity contribution in [2.45, 2.75) is 25.8 Å². The van der Waals surface area contributed by atoms with Gasteiger partial charge >= 0.3 is 0 Å². The maximum atomic E-state index is 12.3. The smallest absolute Gasteiger partial charge is 0.251 e. The normalized spacial score (nSPS) is 15.5. The molecule has 1 aliphatic heterocycles. The number of pyridine rings is 1. The Bertz CT molecular complexity index is 1350. The summed E-state index contributed by atoms with van der Waals surface area (Å²) in [6.07, 6.45) is 3.53. The predicted molar refractivity (Wildman–Crippen MR) is 129 cm³/mol. The zero-order valence-corrected chi connectivity index (χ0v) is 19.0. The summed E-state index contributed by atoms with van der Waals surface area (Å²) in [6, 6.07) is 16.5. The van der Waals surface area contributed by atoms with Crippen LogP contribution in [0.3, 0.4) is 0 Å². The minimum atomic E-state index is -0.157. The number of hydrogen-bond donors (Lipinski definition) is 2. The third-order valence-corrected chi connectivity index (χ3v) is 6.11. The van der Waals surface area contributed by atoms with Gasteiger partial charge in [0.25, 0.3) is 5.91 Å². The molecule has 8 nitrogen and oxygen atoms in total. The summed E-state index contributed by atoms with van der Waals surface area (Å²) in [5, 5.41) is 2.61. The topological polar surface area (TPSA) is 100 Å². The highest BCUT2D eigenvalue weighted by molar-refractivity contribution is 5.94. The van der Waals surface area contributed by atoms with Crippen LogP contribution in [0.1, 0.15) is 41.7 Å². The van der Waals surface area contributed by atoms with Crippen molar-refractivity contribution < 1.29 is 14.3 Å². The number of fused-ring (bicyclic) bond motifs is 1. The van der Waals surface area contributed by atoms with Crippen LogP contribution in [0.25, 0.3) is 22.6 Å². The Kier molecular flexibility index (Phi) is 5.71. The Hall–Kier alpha value is -4.20. The number of likely N-dealkylation sites (tertiary alicyclic amines) is 1. The van der Waals surface area contributed by atoms with E-state index in [1.165, 1.54) is 0 Å². The van der Waals surface area contributed by atoms with Crippen molar-refractivity contribution in [3.8, 4) is 23.0 Å². The number of amides is 2. The number of aromatic amines is 1. The van der Waals surface area contributed by atoms with E-state index in [0.29, 0.717) is 22.9 Å². The van der Waals surface area contributed by atoms with Crippen molar-refractivity contribution in [1.29, 1.82) is 0 Å². The Morgan fingerprint density at radius 3 is 2.68 bits per heavy atom. The van der Waals surface area contributed by atoms with Gasteiger partial charge in [0, 0.05) is 43.9 Å². The molecule has 2 N–H and O–H groups in total. The van der Waals surface area contributed by atoms with Crippen LogP contribution in [0.4, 0.5) is 0 Å². The number of imidazole rings is 1. The molecule has 1 unspecified atom stereocenters. The van der Waals surface area contributed by atoms with E-state index in [-0.39, 0.29) is 17.9 Å². The second kappa shape index (κ2) is 8.97. The van der Waals surface area contributed by atoms with E-state index in [4.69, 9.17) is 9.72 Å². The summed E-state index contributed by atoms with van der Waals surface area (Å²) < 4.78 is 6.30. The van der Waals surface area contributed by atoms with Crippen LogP contribution < -0.4 is 10.1 Å². The van der Waals surface area contributed by atoms with E-state index in [9.17, 15) is 9.59 Å². The molecule has 1 aliphatic rings. The number of carbonyl (C=O) groups is 2. The summed E-state index contributed by atoms with van der Waals surface area (Å²) in [6.45, 7) is 2.32. The maximum absolute atomic E-state index is 12.3. The van der Waals surface area contributed by atoms with E-state index in [1.807, 2.05) is 35.2 Å². The van der Waals surface area contributed by atoms with Crippen molar-refractivity contribution in [2.75, 3.05) is 13.6 Å². The van der Waals surface area contributed by atoms with Gasteiger partial charge < -0.3 is 19.9 Å². The lowest BCUT2D eigenvalue weighted by Gasteiger charge is -2.25. The molecule has 3 heterocycles. The van der Waals surface area contributed by atoms with Gasteiger partial charge in [-0.2, -0.15) is 0 Å². The molecule has 1 fully saturated rings. The monoisotopic (exact) mass is 455 g/mol. The van der Waals surface area contributed by atoms with Gasteiger partial charge in [0.15, 0.2) is 5.82 Å². The van der Waals surface area contributed by atoms with Gasteiger partial charge in [-0.3, -0.25) is 14.6 Å². The minimum absolute atomic E-state index is 0.0438. The van der Waals surface area contributed by atoms with Gasteiger partial charge in [-0.15, -0.1) is 0 Å². The van der Waals surface area contributed by atoms with Crippen LogP contribution in [0, 0.1) is 0 Å². The number of rotatable bonds is 5. The molecule has 2 amide bonds. The van der Waals surface area contributed by atoms with Crippen LogP contribution >= 0.6 is 0 Å². The zero-order valence-electron chi connectivity index (χ0n) is 19.0. The number of nitrogens with zero attached hydrogens (tertiary/aromatic N) is 3. The average Bonchev–Trinajstić information content (AvgIpc) is 3.51. The highest BCUT2D eigenvalue weighted by atomic mass is 16.5. The van der Waals surface area contributed by atoms with Crippen LogP contribution in [0.2, 0.25) is 0 Å². The molecular weight excluding hydrogens is 430 g/mol. The Balaban J connectivity index is 1.57. The third-order valence-electron chi connectivity index (χ3n) is 6.11. The van der Waals surface area contributed by atoms with E-state index < -0.39 is 0 Å². The third kappa shape index (κ3) is 4.10. The first-order valence-electron chi connectivity index (χ1n) is 11.3. The standard InChI is InChI=1S/C26H25N5O3/c1-16(32)31-13-5-7-23(31)19-14-21-22(30-25(29-21)20-6-3-4-12-28-20)15-24(19)34-18-10-8-17(9-11-18)26(33)27-2/h3-4,6,8-12,14-15,23H,5,7,13H2,1-2H3,(H,27,33)(H,29,30). The van der Waals surface area contributed by atoms with Gasteiger partial charge in [-0.05, 0) is 55.3 Å². The molecule has 0 spiro atoms.